The molecule has 2 atom stereocenters. The van der Waals surface area contributed by atoms with Crippen LogP contribution in [-0.4, -0.2) is 61.7 Å². The number of oxazole rings is 1. The second-order valence-electron chi connectivity index (χ2n) is 7.92. The summed E-state index contributed by atoms with van der Waals surface area (Å²) in [5.74, 6) is -2.43. The minimum Gasteiger partial charge on any atom is -0.543 e. The lowest BCUT2D eigenvalue weighted by atomic mass is 10.0. The van der Waals surface area contributed by atoms with E-state index in [0.29, 0.717) is 11.3 Å². The Labute approximate surface area is 208 Å². The number of carbonyl (C=O) groups excluding carboxylic acids is 3. The van der Waals surface area contributed by atoms with Crippen LogP contribution in [0.4, 0.5) is 6.01 Å². The van der Waals surface area contributed by atoms with E-state index in [2.05, 4.69) is 15.5 Å². The molecule has 0 radical (unpaired) electrons. The largest absolute Gasteiger partial charge is 0.543 e. The van der Waals surface area contributed by atoms with Gasteiger partial charge in [0, 0.05) is 17.4 Å². The van der Waals surface area contributed by atoms with Crippen molar-refractivity contribution in [1.82, 2.24) is 19.8 Å². The highest BCUT2D eigenvalue weighted by Gasteiger charge is 2.53. The van der Waals surface area contributed by atoms with Gasteiger partial charge in [0.1, 0.15) is 48.9 Å². The second kappa shape index (κ2) is 9.37. The Bertz CT molecular complexity index is 1430. The average molecular weight is 512 g/mol. The van der Waals surface area contributed by atoms with Crippen LogP contribution in [-0.2, 0) is 25.8 Å². The lowest BCUT2D eigenvalue weighted by Gasteiger charge is -2.50. The maximum atomic E-state index is 13.0. The number of β-lactam (4-membered cyclic amide) rings is 1. The number of carboxylic acids is 1. The summed E-state index contributed by atoms with van der Waals surface area (Å²) in [6.45, 7) is 2.14. The van der Waals surface area contributed by atoms with Crippen LogP contribution in [0.15, 0.2) is 63.9 Å². The number of imidazole rings is 1. The van der Waals surface area contributed by atoms with Crippen molar-refractivity contribution >= 4 is 46.9 Å². The molecule has 1 saturated heterocycles. The number of pyridine rings is 1. The minimum absolute atomic E-state index is 0.0350. The molecule has 3 aromatic rings. The van der Waals surface area contributed by atoms with E-state index in [0.717, 1.165) is 16.8 Å². The fraction of sp³-hybridized carbons (Fsp3) is 0.273. The molecule has 0 bridgehead atoms. The summed E-state index contributed by atoms with van der Waals surface area (Å²) in [5, 5.41) is 17.8. The van der Waals surface area contributed by atoms with Crippen molar-refractivity contribution in [2.45, 2.75) is 24.9 Å². The summed E-state index contributed by atoms with van der Waals surface area (Å²) in [6, 6.07) is 4.54. The Balaban J connectivity index is 1.37. The first-order valence-electron chi connectivity index (χ1n) is 10.9. The molecule has 3 aromatic heterocycles. The zero-order valence-corrected chi connectivity index (χ0v) is 19.8. The molecule has 0 spiro atoms. The summed E-state index contributed by atoms with van der Waals surface area (Å²) in [6.07, 6.45) is 6.72. The fourth-order valence-electron chi connectivity index (χ4n) is 4.12. The van der Waals surface area contributed by atoms with E-state index in [-0.39, 0.29) is 36.3 Å². The third kappa shape index (κ3) is 4.04. The Morgan fingerprint density at radius 3 is 2.97 bits per heavy atom. The summed E-state index contributed by atoms with van der Waals surface area (Å²) in [5.41, 5.74) is 6.52. The number of aliphatic carboxylic acids is 1. The molecule has 5 rings (SSSR count). The normalized spacial score (nSPS) is 19.8. The molecule has 0 aromatic carbocycles. The first kappa shape index (κ1) is 23.4. The van der Waals surface area contributed by atoms with Gasteiger partial charge in [0.2, 0.25) is 0 Å². The molecule has 0 saturated carbocycles. The number of carboxylic acid groups (broad SMARTS) is 1. The molecule has 0 unspecified atom stereocenters. The second-order valence-corrected chi connectivity index (χ2v) is 9.03. The number of amides is 2. The standard InChI is InChI=1S/C22H21N7O6S/c1-2-35-26-15(13-10-34-22(23)24-13)18(30)25-16-19(31)29-17(21(32)33)12(11-36-20(16)29)9-28-8-7-27-6-4-3-5-14(27)28/h3-8,10,16,20H,2,9,11H2,1H3,(H3-,23,24,25,30,32,33)/b26-15-/t16-,20+/m1/s1. The van der Waals surface area contributed by atoms with Gasteiger partial charge in [-0.15, -0.1) is 11.8 Å². The van der Waals surface area contributed by atoms with Crippen molar-refractivity contribution in [3.8, 4) is 0 Å². The number of oxime groups is 1. The molecule has 1 fully saturated rings. The van der Waals surface area contributed by atoms with Gasteiger partial charge in [-0.3, -0.25) is 14.5 Å². The van der Waals surface area contributed by atoms with Gasteiger partial charge in [-0.25, -0.2) is 8.97 Å². The van der Waals surface area contributed by atoms with Gasteiger partial charge in [-0.2, -0.15) is 4.98 Å². The zero-order chi connectivity index (χ0) is 25.4. The van der Waals surface area contributed by atoms with E-state index in [1.807, 2.05) is 45.8 Å². The summed E-state index contributed by atoms with van der Waals surface area (Å²) in [4.78, 5) is 48.1. The molecule has 13 nitrogen and oxygen atoms in total. The number of fused-ring (bicyclic) bond motifs is 2. The van der Waals surface area contributed by atoms with Crippen LogP contribution in [0, 0.1) is 0 Å². The van der Waals surface area contributed by atoms with Gasteiger partial charge in [-0.05, 0) is 13.0 Å². The number of nitrogens with one attached hydrogen (secondary N) is 1. The molecule has 14 heteroatoms. The van der Waals surface area contributed by atoms with Gasteiger partial charge in [-0.1, -0.05) is 11.2 Å². The van der Waals surface area contributed by atoms with E-state index in [1.54, 1.807) is 6.92 Å². The van der Waals surface area contributed by atoms with Gasteiger partial charge in [0.25, 0.3) is 23.5 Å². The third-order valence-electron chi connectivity index (χ3n) is 5.72. The van der Waals surface area contributed by atoms with Crippen LogP contribution < -0.4 is 20.6 Å². The van der Waals surface area contributed by atoms with Crippen molar-refractivity contribution in [2.24, 2.45) is 5.16 Å². The van der Waals surface area contributed by atoms with Crippen LogP contribution in [0.5, 0.6) is 0 Å². The zero-order valence-electron chi connectivity index (χ0n) is 19.0. The number of thioether (sulfide) groups is 1. The highest BCUT2D eigenvalue weighted by Crippen LogP contribution is 2.40. The van der Waals surface area contributed by atoms with Crippen LogP contribution in [0.2, 0.25) is 0 Å². The maximum absolute atomic E-state index is 13.0. The van der Waals surface area contributed by atoms with Crippen molar-refractivity contribution in [2.75, 3.05) is 18.1 Å². The van der Waals surface area contributed by atoms with Crippen molar-refractivity contribution < 1.29 is 33.1 Å². The Morgan fingerprint density at radius 1 is 1.42 bits per heavy atom. The van der Waals surface area contributed by atoms with Crippen LogP contribution in [0.1, 0.15) is 12.6 Å². The topological polar surface area (TPSA) is 172 Å². The van der Waals surface area contributed by atoms with Crippen molar-refractivity contribution in [3.63, 3.8) is 0 Å². The third-order valence-corrected chi connectivity index (χ3v) is 7.06. The maximum Gasteiger partial charge on any atom is 0.292 e. The number of aromatic nitrogens is 3. The number of nitrogens with zero attached hydrogens (tertiary/aromatic N) is 5. The smallest absolute Gasteiger partial charge is 0.292 e. The lowest BCUT2D eigenvalue weighted by Crippen LogP contribution is -2.71. The predicted molar refractivity (Wildman–Crippen MR) is 124 cm³/mol. The SMILES string of the molecule is CCO/N=C(\C(=O)N[C@@H]1C(=O)N2C(C(=O)[O-])=C(Cn3cc[n+]4ccccc34)CS[C@@H]12)c1coc(N)n1. The summed E-state index contributed by atoms with van der Waals surface area (Å²) < 4.78 is 8.74. The van der Waals surface area contributed by atoms with E-state index < -0.39 is 29.2 Å². The van der Waals surface area contributed by atoms with Crippen molar-refractivity contribution in [1.29, 1.82) is 0 Å². The van der Waals surface area contributed by atoms with Gasteiger partial charge >= 0.3 is 0 Å². The van der Waals surface area contributed by atoms with E-state index in [1.165, 1.54) is 11.8 Å². The number of hydrogen-bond donors (Lipinski definition) is 2. The van der Waals surface area contributed by atoms with Gasteiger partial charge < -0.3 is 30.2 Å². The summed E-state index contributed by atoms with van der Waals surface area (Å²) in [7, 11) is 0. The Kier molecular flexibility index (Phi) is 6.10. The van der Waals surface area contributed by atoms with E-state index in [9.17, 15) is 19.5 Å². The predicted octanol–water partition coefficient (Wildman–Crippen LogP) is -1.36. The number of hydrogen-bond acceptors (Lipinski definition) is 10. The molecular formula is C22H21N7O6S. The Morgan fingerprint density at radius 2 is 2.25 bits per heavy atom. The molecule has 2 aliphatic rings. The number of rotatable bonds is 8. The van der Waals surface area contributed by atoms with Crippen LogP contribution in [0.25, 0.3) is 5.65 Å². The molecule has 5 heterocycles. The number of nitrogens with two attached hydrogens (primary N) is 1. The first-order chi connectivity index (χ1) is 17.4. The highest BCUT2D eigenvalue weighted by molar-refractivity contribution is 8.00. The molecule has 0 aliphatic carbocycles. The molecule has 2 amide bonds. The summed E-state index contributed by atoms with van der Waals surface area (Å²) >= 11 is 1.35. The van der Waals surface area contributed by atoms with Gasteiger partial charge in [0.15, 0.2) is 5.71 Å². The van der Waals surface area contributed by atoms with E-state index >= 15 is 0 Å². The quantitative estimate of drug-likeness (QED) is 0.160. The Hall–Kier alpha value is -4.33. The number of carbonyl (C=O) groups is 3. The number of nitrogen functional groups attached to an aromatic ring is 1. The molecule has 36 heavy (non-hydrogen) atoms. The first-order valence-corrected chi connectivity index (χ1v) is 12.0. The molecule has 3 N–H and O–H groups in total. The molecule has 2 aliphatic heterocycles. The lowest BCUT2D eigenvalue weighted by molar-refractivity contribution is -0.510. The van der Waals surface area contributed by atoms with E-state index in [4.69, 9.17) is 15.0 Å². The average Bonchev–Trinajstić information content (AvgIpc) is 3.48. The molecule has 186 valence electrons. The minimum atomic E-state index is -1.45. The fourth-order valence-corrected chi connectivity index (χ4v) is 5.45. The van der Waals surface area contributed by atoms with Crippen molar-refractivity contribution in [3.05, 3.63) is 60.0 Å². The molecular weight excluding hydrogens is 490 g/mol. The van der Waals surface area contributed by atoms with Crippen LogP contribution in [0.3, 0.4) is 0 Å². The van der Waals surface area contributed by atoms with Gasteiger partial charge in [0.05, 0.1) is 17.9 Å². The monoisotopic (exact) mass is 511 g/mol. The highest BCUT2D eigenvalue weighted by atomic mass is 32.2. The van der Waals surface area contributed by atoms with Crippen LogP contribution >= 0.6 is 11.8 Å². The number of anilines is 1.